The standard InChI is InChI=1S/C15H22N2O4/c1-11(2)21-9-8-16-15(20)17-13(14(18)19)10-12-6-4-3-5-7-12/h3-7,11,13H,8-10H2,1-2H3,(H,18,19)(H2,16,17,20)/t13-/m1/s1. The third-order valence-corrected chi connectivity index (χ3v) is 2.72. The van der Waals surface area contributed by atoms with Gasteiger partial charge in [0.15, 0.2) is 0 Å². The molecule has 0 aromatic heterocycles. The number of aliphatic carboxylic acids is 1. The van der Waals surface area contributed by atoms with Crippen molar-refractivity contribution < 1.29 is 19.4 Å². The Kier molecular flexibility index (Phi) is 7.25. The molecule has 0 fully saturated rings. The van der Waals surface area contributed by atoms with Gasteiger partial charge >= 0.3 is 12.0 Å². The second kappa shape index (κ2) is 8.97. The summed E-state index contributed by atoms with van der Waals surface area (Å²) in [6, 6.07) is 7.70. The van der Waals surface area contributed by atoms with Crippen LogP contribution in [-0.4, -0.2) is 42.4 Å². The Bertz CT molecular complexity index is 448. The van der Waals surface area contributed by atoms with Crippen molar-refractivity contribution in [1.29, 1.82) is 0 Å². The van der Waals surface area contributed by atoms with E-state index in [4.69, 9.17) is 9.84 Å². The number of urea groups is 1. The van der Waals surface area contributed by atoms with Crippen LogP contribution < -0.4 is 10.6 Å². The molecule has 0 bridgehead atoms. The fraction of sp³-hybridized carbons (Fsp3) is 0.467. The first-order valence-corrected chi connectivity index (χ1v) is 6.91. The number of benzene rings is 1. The maximum atomic E-state index is 11.7. The number of rotatable bonds is 8. The van der Waals surface area contributed by atoms with Gasteiger partial charge in [-0.15, -0.1) is 0 Å². The van der Waals surface area contributed by atoms with Gasteiger partial charge in [-0.1, -0.05) is 30.3 Å². The van der Waals surface area contributed by atoms with E-state index in [0.29, 0.717) is 13.2 Å². The Labute approximate surface area is 124 Å². The van der Waals surface area contributed by atoms with E-state index in [1.54, 1.807) is 0 Å². The van der Waals surface area contributed by atoms with Crippen molar-refractivity contribution in [3.8, 4) is 0 Å². The van der Waals surface area contributed by atoms with Crippen LogP contribution in [0.15, 0.2) is 30.3 Å². The molecule has 0 radical (unpaired) electrons. The van der Waals surface area contributed by atoms with Gasteiger partial charge < -0.3 is 20.5 Å². The molecule has 1 aromatic rings. The normalized spacial score (nSPS) is 12.0. The van der Waals surface area contributed by atoms with Crippen molar-refractivity contribution in [2.45, 2.75) is 32.4 Å². The number of amides is 2. The molecule has 21 heavy (non-hydrogen) atoms. The quantitative estimate of drug-likeness (QED) is 0.633. The highest BCUT2D eigenvalue weighted by Gasteiger charge is 2.20. The molecule has 6 heteroatoms. The third kappa shape index (κ3) is 7.31. The van der Waals surface area contributed by atoms with Gasteiger partial charge in [-0.2, -0.15) is 0 Å². The largest absolute Gasteiger partial charge is 0.480 e. The van der Waals surface area contributed by atoms with Crippen molar-refractivity contribution in [1.82, 2.24) is 10.6 Å². The first-order valence-electron chi connectivity index (χ1n) is 6.91. The van der Waals surface area contributed by atoms with E-state index in [2.05, 4.69) is 10.6 Å². The lowest BCUT2D eigenvalue weighted by atomic mass is 10.1. The van der Waals surface area contributed by atoms with Gasteiger partial charge in [0.2, 0.25) is 0 Å². The molecule has 1 aromatic carbocycles. The molecule has 1 atom stereocenters. The fourth-order valence-electron chi connectivity index (χ4n) is 1.72. The van der Waals surface area contributed by atoms with E-state index in [1.165, 1.54) is 0 Å². The zero-order chi connectivity index (χ0) is 15.7. The number of nitrogens with one attached hydrogen (secondary N) is 2. The van der Waals surface area contributed by atoms with E-state index in [0.717, 1.165) is 5.56 Å². The number of carbonyl (C=O) groups excluding carboxylic acids is 1. The van der Waals surface area contributed by atoms with Crippen LogP contribution in [0.2, 0.25) is 0 Å². The number of carboxylic acids is 1. The minimum atomic E-state index is -1.06. The molecule has 0 heterocycles. The maximum absolute atomic E-state index is 11.7. The molecular formula is C15H22N2O4. The Balaban J connectivity index is 2.40. The summed E-state index contributed by atoms with van der Waals surface area (Å²) in [5.74, 6) is -1.06. The van der Waals surface area contributed by atoms with Crippen molar-refractivity contribution in [3.63, 3.8) is 0 Å². The lowest BCUT2D eigenvalue weighted by molar-refractivity contribution is -0.139. The number of hydrogen-bond acceptors (Lipinski definition) is 3. The summed E-state index contributed by atoms with van der Waals surface area (Å²) in [6.45, 7) is 4.53. The molecule has 116 valence electrons. The van der Waals surface area contributed by atoms with Crippen LogP contribution in [0.5, 0.6) is 0 Å². The number of ether oxygens (including phenoxy) is 1. The minimum absolute atomic E-state index is 0.0970. The molecule has 6 nitrogen and oxygen atoms in total. The SMILES string of the molecule is CC(C)OCCNC(=O)N[C@H](Cc1ccccc1)C(=O)O. The summed E-state index contributed by atoms with van der Waals surface area (Å²) in [5.41, 5.74) is 0.855. The average molecular weight is 294 g/mol. The molecule has 0 spiro atoms. The zero-order valence-electron chi connectivity index (χ0n) is 12.3. The Morgan fingerprint density at radius 1 is 1.24 bits per heavy atom. The van der Waals surface area contributed by atoms with Crippen LogP contribution in [0.25, 0.3) is 0 Å². The van der Waals surface area contributed by atoms with Crippen molar-refractivity contribution in [2.75, 3.05) is 13.2 Å². The van der Waals surface area contributed by atoms with Gasteiger partial charge in [0.05, 0.1) is 12.7 Å². The highest BCUT2D eigenvalue weighted by Crippen LogP contribution is 2.03. The summed E-state index contributed by atoms with van der Waals surface area (Å²) in [6.07, 6.45) is 0.339. The fourth-order valence-corrected chi connectivity index (χ4v) is 1.72. The van der Waals surface area contributed by atoms with Gasteiger partial charge in [0.25, 0.3) is 0 Å². The predicted molar refractivity (Wildman–Crippen MR) is 79.2 cm³/mol. The third-order valence-electron chi connectivity index (χ3n) is 2.72. The van der Waals surface area contributed by atoms with Crippen molar-refractivity contribution in [3.05, 3.63) is 35.9 Å². The van der Waals surface area contributed by atoms with E-state index in [9.17, 15) is 9.59 Å². The topological polar surface area (TPSA) is 87.7 Å². The van der Waals surface area contributed by atoms with Crippen LogP contribution in [0.1, 0.15) is 19.4 Å². The van der Waals surface area contributed by atoms with Crippen LogP contribution in [-0.2, 0) is 16.0 Å². The molecule has 3 N–H and O–H groups in total. The molecule has 0 saturated carbocycles. The Hall–Kier alpha value is -2.08. The number of carboxylic acid groups (broad SMARTS) is 1. The smallest absolute Gasteiger partial charge is 0.326 e. The highest BCUT2D eigenvalue weighted by atomic mass is 16.5. The van der Waals surface area contributed by atoms with Crippen LogP contribution in [0.3, 0.4) is 0 Å². The van der Waals surface area contributed by atoms with E-state index < -0.39 is 18.0 Å². The number of hydrogen-bond donors (Lipinski definition) is 3. The lowest BCUT2D eigenvalue weighted by Crippen LogP contribution is -2.47. The second-order valence-corrected chi connectivity index (χ2v) is 4.90. The van der Waals surface area contributed by atoms with Gasteiger partial charge in [-0.25, -0.2) is 9.59 Å². The summed E-state index contributed by atoms with van der Waals surface area (Å²) in [4.78, 5) is 22.8. The minimum Gasteiger partial charge on any atom is -0.480 e. The molecule has 0 aliphatic rings. The highest BCUT2D eigenvalue weighted by molar-refractivity contribution is 5.82. The molecule has 2 amide bonds. The molecular weight excluding hydrogens is 272 g/mol. The summed E-state index contributed by atoms with van der Waals surface area (Å²) in [5, 5.41) is 14.2. The zero-order valence-corrected chi connectivity index (χ0v) is 12.3. The monoisotopic (exact) mass is 294 g/mol. The van der Waals surface area contributed by atoms with Gasteiger partial charge in [0, 0.05) is 13.0 Å². The Morgan fingerprint density at radius 3 is 2.48 bits per heavy atom. The average Bonchev–Trinajstić information content (AvgIpc) is 2.44. The predicted octanol–water partition coefficient (Wildman–Crippen LogP) is 1.41. The molecule has 0 unspecified atom stereocenters. The molecule has 0 aliphatic carbocycles. The number of carbonyl (C=O) groups is 2. The molecule has 0 aliphatic heterocycles. The van der Waals surface area contributed by atoms with Gasteiger partial charge in [-0.3, -0.25) is 0 Å². The second-order valence-electron chi connectivity index (χ2n) is 4.90. The summed E-state index contributed by atoms with van der Waals surface area (Å²) < 4.78 is 5.28. The van der Waals surface area contributed by atoms with Crippen LogP contribution in [0, 0.1) is 0 Å². The van der Waals surface area contributed by atoms with Crippen molar-refractivity contribution >= 4 is 12.0 Å². The summed E-state index contributed by atoms with van der Waals surface area (Å²) >= 11 is 0. The van der Waals surface area contributed by atoms with Crippen LogP contribution in [0.4, 0.5) is 4.79 Å². The molecule has 0 saturated heterocycles. The van der Waals surface area contributed by atoms with Gasteiger partial charge in [0.1, 0.15) is 6.04 Å². The van der Waals surface area contributed by atoms with E-state index >= 15 is 0 Å². The molecule has 1 rings (SSSR count). The maximum Gasteiger partial charge on any atom is 0.326 e. The Morgan fingerprint density at radius 2 is 1.90 bits per heavy atom. The van der Waals surface area contributed by atoms with Crippen molar-refractivity contribution in [2.24, 2.45) is 0 Å². The first kappa shape index (κ1) is 17.0. The summed E-state index contributed by atoms with van der Waals surface area (Å²) in [7, 11) is 0. The first-order chi connectivity index (χ1) is 9.99. The lowest BCUT2D eigenvalue weighted by Gasteiger charge is -2.15. The van der Waals surface area contributed by atoms with E-state index in [-0.39, 0.29) is 12.5 Å². The van der Waals surface area contributed by atoms with E-state index in [1.807, 2.05) is 44.2 Å². The van der Waals surface area contributed by atoms with Gasteiger partial charge in [-0.05, 0) is 19.4 Å². The van der Waals surface area contributed by atoms with Crippen LogP contribution >= 0.6 is 0 Å².